The van der Waals surface area contributed by atoms with Crippen LogP contribution in [-0.2, 0) is 9.53 Å². The van der Waals surface area contributed by atoms with Crippen LogP contribution in [0.4, 0.5) is 0 Å². The molecular weight excluding hydrogens is 192 g/mol. The summed E-state index contributed by atoms with van der Waals surface area (Å²) < 4.78 is 4.82. The fourth-order valence-electron chi connectivity index (χ4n) is 0.830. The molecule has 0 aromatic heterocycles. The Hall–Kier alpha value is -0.270. The average Bonchev–Trinajstić information content (AvgIpc) is 2.15. The second-order valence-corrected chi connectivity index (χ2v) is 4.71. The highest BCUT2D eigenvalue weighted by molar-refractivity contribution is 8.07. The van der Waals surface area contributed by atoms with Gasteiger partial charge in [0, 0.05) is 17.3 Å². The van der Waals surface area contributed by atoms with Gasteiger partial charge in [0.05, 0.1) is 0 Å². The van der Waals surface area contributed by atoms with Crippen molar-refractivity contribution in [1.29, 1.82) is 0 Å². The van der Waals surface area contributed by atoms with Crippen LogP contribution in [0.5, 0.6) is 0 Å². The lowest BCUT2D eigenvalue weighted by Gasteiger charge is -2.18. The van der Waals surface area contributed by atoms with Gasteiger partial charge < -0.3 is 4.74 Å². The lowest BCUT2D eigenvalue weighted by Crippen LogP contribution is -2.26. The van der Waals surface area contributed by atoms with Crippen LogP contribution in [0.15, 0.2) is 0 Å². The Bertz CT molecular complexity index is 192. The maximum Gasteiger partial charge on any atom is 0.320 e. The Kier molecular flexibility index (Phi) is 4.41. The van der Waals surface area contributed by atoms with Crippen molar-refractivity contribution in [3.8, 4) is 12.3 Å². The third-order valence-corrected chi connectivity index (χ3v) is 4.11. The molecule has 0 aliphatic carbocycles. The molecule has 1 unspecified atom stereocenters. The summed E-state index contributed by atoms with van der Waals surface area (Å²) in [5, 5.41) is -0.00269. The molecule has 1 heterocycles. The first-order valence-corrected chi connectivity index (χ1v) is 5.84. The maximum atomic E-state index is 11.2. The first-order valence-electron chi connectivity index (χ1n) is 3.64. The van der Waals surface area contributed by atoms with Gasteiger partial charge in [-0.1, -0.05) is 5.92 Å². The second-order valence-electron chi connectivity index (χ2n) is 2.25. The van der Waals surface area contributed by atoms with E-state index >= 15 is 0 Å². The third kappa shape index (κ3) is 3.00. The van der Waals surface area contributed by atoms with E-state index in [-0.39, 0.29) is 17.8 Å². The number of carbonyl (C=O) groups excluding carboxylic acids is 1. The fraction of sp³-hybridized carbons (Fsp3) is 0.625. The van der Waals surface area contributed by atoms with Crippen molar-refractivity contribution < 1.29 is 9.53 Å². The van der Waals surface area contributed by atoms with Gasteiger partial charge in [-0.25, -0.2) is 0 Å². The summed E-state index contributed by atoms with van der Waals surface area (Å²) in [6.07, 6.45) is 4.97. The minimum Gasteiger partial charge on any atom is -0.452 e. The van der Waals surface area contributed by atoms with Crippen molar-refractivity contribution in [2.24, 2.45) is 0 Å². The van der Waals surface area contributed by atoms with E-state index in [4.69, 9.17) is 11.2 Å². The van der Waals surface area contributed by atoms with Crippen LogP contribution < -0.4 is 0 Å². The zero-order valence-electron chi connectivity index (χ0n) is 6.62. The molecule has 1 aliphatic rings. The number of terminal acetylenes is 1. The van der Waals surface area contributed by atoms with Crippen LogP contribution >= 0.6 is 23.5 Å². The highest BCUT2D eigenvalue weighted by atomic mass is 32.2. The number of ether oxygens (including phenoxy) is 1. The van der Waals surface area contributed by atoms with Gasteiger partial charge in [0.2, 0.25) is 0 Å². The number of carbonyl (C=O) groups is 1. The molecule has 1 saturated heterocycles. The Balaban J connectivity index is 2.26. The highest BCUT2D eigenvalue weighted by Gasteiger charge is 2.22. The monoisotopic (exact) mass is 202 g/mol. The average molecular weight is 202 g/mol. The molecule has 1 atom stereocenters. The molecule has 0 aromatic carbocycles. The number of rotatable bonds is 2. The summed E-state index contributed by atoms with van der Waals surface area (Å²) in [6, 6.07) is 0. The maximum absolute atomic E-state index is 11.2. The van der Waals surface area contributed by atoms with E-state index in [0.717, 1.165) is 17.3 Å². The van der Waals surface area contributed by atoms with Gasteiger partial charge in [-0.15, -0.1) is 18.2 Å². The van der Waals surface area contributed by atoms with Gasteiger partial charge >= 0.3 is 5.97 Å². The van der Waals surface area contributed by atoms with Gasteiger partial charge in [-0.05, 0) is 0 Å². The van der Waals surface area contributed by atoms with Gasteiger partial charge in [0.1, 0.15) is 5.25 Å². The van der Waals surface area contributed by atoms with E-state index in [1.807, 2.05) is 0 Å². The number of thioether (sulfide) groups is 2. The Morgan fingerprint density at radius 2 is 2.50 bits per heavy atom. The second kappa shape index (κ2) is 5.39. The molecule has 1 fully saturated rings. The SMILES string of the molecule is C#CCOC(=O)C1CSCCS1. The molecule has 2 nitrogen and oxygen atoms in total. The van der Waals surface area contributed by atoms with Crippen LogP contribution in [0.25, 0.3) is 0 Å². The standard InChI is InChI=1S/C8H10O2S2/c1-2-3-10-8(9)7-6-11-4-5-12-7/h1,7H,3-6H2. The summed E-state index contributed by atoms with van der Waals surface area (Å²) in [7, 11) is 0. The van der Waals surface area contributed by atoms with Crippen molar-refractivity contribution in [3.63, 3.8) is 0 Å². The molecule has 1 aliphatic heterocycles. The van der Waals surface area contributed by atoms with E-state index in [0.29, 0.717) is 0 Å². The van der Waals surface area contributed by atoms with Crippen LogP contribution in [0, 0.1) is 12.3 Å². The fourth-order valence-corrected chi connectivity index (χ4v) is 3.36. The van der Waals surface area contributed by atoms with Crippen molar-refractivity contribution in [2.45, 2.75) is 5.25 Å². The lowest BCUT2D eigenvalue weighted by molar-refractivity contribution is -0.141. The normalized spacial score (nSPS) is 22.8. The molecule has 0 spiro atoms. The molecule has 66 valence electrons. The predicted octanol–water partition coefficient (Wildman–Crippen LogP) is 1.01. The van der Waals surface area contributed by atoms with E-state index in [9.17, 15) is 4.79 Å². The largest absolute Gasteiger partial charge is 0.452 e. The quantitative estimate of drug-likeness (QED) is 0.493. The van der Waals surface area contributed by atoms with Gasteiger partial charge in [-0.2, -0.15) is 11.8 Å². The Morgan fingerprint density at radius 1 is 1.67 bits per heavy atom. The van der Waals surface area contributed by atoms with Gasteiger partial charge in [0.15, 0.2) is 6.61 Å². The zero-order chi connectivity index (χ0) is 8.81. The van der Waals surface area contributed by atoms with E-state index in [2.05, 4.69) is 5.92 Å². The summed E-state index contributed by atoms with van der Waals surface area (Å²) in [4.78, 5) is 11.2. The van der Waals surface area contributed by atoms with Crippen molar-refractivity contribution in [1.82, 2.24) is 0 Å². The molecule has 12 heavy (non-hydrogen) atoms. The first-order chi connectivity index (χ1) is 5.84. The molecule has 4 heteroatoms. The summed E-state index contributed by atoms with van der Waals surface area (Å²) in [5.74, 6) is 5.13. The lowest BCUT2D eigenvalue weighted by atomic mass is 10.5. The van der Waals surface area contributed by atoms with Crippen LogP contribution in [0.3, 0.4) is 0 Å². The van der Waals surface area contributed by atoms with Crippen molar-refractivity contribution in [3.05, 3.63) is 0 Å². The molecule has 0 saturated carbocycles. The third-order valence-electron chi connectivity index (χ3n) is 1.38. The van der Waals surface area contributed by atoms with Crippen LogP contribution in [0.2, 0.25) is 0 Å². The predicted molar refractivity (Wildman–Crippen MR) is 53.4 cm³/mol. The Morgan fingerprint density at radius 3 is 3.08 bits per heavy atom. The molecule has 0 N–H and O–H groups in total. The van der Waals surface area contributed by atoms with Gasteiger partial charge in [-0.3, -0.25) is 4.79 Å². The summed E-state index contributed by atoms with van der Waals surface area (Å²) in [5.41, 5.74) is 0. The van der Waals surface area contributed by atoms with Crippen molar-refractivity contribution in [2.75, 3.05) is 23.9 Å². The zero-order valence-corrected chi connectivity index (χ0v) is 8.25. The number of hydrogen-bond donors (Lipinski definition) is 0. The molecular formula is C8H10O2S2. The summed E-state index contributed by atoms with van der Waals surface area (Å²) in [6.45, 7) is 0.0978. The molecule has 0 amide bonds. The first kappa shape index (κ1) is 9.82. The van der Waals surface area contributed by atoms with E-state index < -0.39 is 0 Å². The minimum atomic E-state index is -0.162. The number of esters is 1. The van der Waals surface area contributed by atoms with Crippen molar-refractivity contribution >= 4 is 29.5 Å². The molecule has 0 aromatic rings. The minimum absolute atomic E-state index is 0.00269. The van der Waals surface area contributed by atoms with Crippen LogP contribution in [0.1, 0.15) is 0 Å². The topological polar surface area (TPSA) is 26.3 Å². The molecule has 0 bridgehead atoms. The van der Waals surface area contributed by atoms with Crippen LogP contribution in [-0.4, -0.2) is 35.1 Å². The highest BCUT2D eigenvalue weighted by Crippen LogP contribution is 2.24. The molecule has 0 radical (unpaired) electrons. The van der Waals surface area contributed by atoms with E-state index in [1.165, 1.54) is 0 Å². The van der Waals surface area contributed by atoms with E-state index in [1.54, 1.807) is 23.5 Å². The summed E-state index contributed by atoms with van der Waals surface area (Å²) >= 11 is 3.45. The Labute approximate surface area is 80.8 Å². The van der Waals surface area contributed by atoms with Gasteiger partial charge in [0.25, 0.3) is 0 Å². The number of hydrogen-bond acceptors (Lipinski definition) is 4. The molecule has 1 rings (SSSR count). The smallest absolute Gasteiger partial charge is 0.320 e.